The monoisotopic (exact) mass is 359 g/mol. The summed E-state index contributed by atoms with van der Waals surface area (Å²) in [5.74, 6) is 0.899. The minimum atomic E-state index is 0.899. The Balaban J connectivity index is 1.50. The van der Waals surface area contributed by atoms with Gasteiger partial charge in [0.05, 0.1) is 18.5 Å². The molecule has 0 bridgehead atoms. The number of anilines is 2. The van der Waals surface area contributed by atoms with Gasteiger partial charge in [-0.15, -0.1) is 0 Å². The van der Waals surface area contributed by atoms with Crippen LogP contribution in [0, 0.1) is 6.92 Å². The molecule has 0 atom stereocenters. The number of aromatic nitrogens is 1. The normalized spacial score (nSPS) is 14.3. The van der Waals surface area contributed by atoms with Gasteiger partial charge in [-0.1, -0.05) is 29.8 Å². The van der Waals surface area contributed by atoms with Crippen molar-refractivity contribution in [1.29, 1.82) is 0 Å². The van der Waals surface area contributed by atoms with Gasteiger partial charge in [0, 0.05) is 43.6 Å². The highest BCUT2D eigenvalue weighted by Gasteiger charge is 2.20. The quantitative estimate of drug-likeness (QED) is 0.691. The van der Waals surface area contributed by atoms with E-state index in [1.807, 2.05) is 24.4 Å². The van der Waals surface area contributed by atoms with Gasteiger partial charge in [0.25, 0.3) is 0 Å². The molecular formula is C23H25N3O. The van der Waals surface area contributed by atoms with Gasteiger partial charge in [0.2, 0.25) is 0 Å². The van der Waals surface area contributed by atoms with Gasteiger partial charge < -0.3 is 14.5 Å². The molecule has 138 valence electrons. The van der Waals surface area contributed by atoms with Crippen LogP contribution in [-0.4, -0.2) is 38.3 Å². The number of pyridine rings is 1. The Morgan fingerprint density at radius 2 is 1.48 bits per heavy atom. The van der Waals surface area contributed by atoms with Crippen LogP contribution in [0.25, 0.3) is 11.3 Å². The molecule has 1 saturated heterocycles. The fourth-order valence-electron chi connectivity index (χ4n) is 3.58. The third-order valence-corrected chi connectivity index (χ3v) is 5.17. The van der Waals surface area contributed by atoms with Crippen LogP contribution in [-0.2, 0) is 0 Å². The maximum Gasteiger partial charge on any atom is 0.119 e. The minimum absolute atomic E-state index is 0.899. The lowest BCUT2D eigenvalue weighted by Crippen LogP contribution is -2.46. The van der Waals surface area contributed by atoms with E-state index in [1.165, 1.54) is 22.5 Å². The number of hydrogen-bond donors (Lipinski definition) is 0. The molecule has 3 aromatic rings. The number of methoxy groups -OCH3 is 1. The second kappa shape index (κ2) is 7.70. The topological polar surface area (TPSA) is 28.6 Å². The highest BCUT2D eigenvalue weighted by molar-refractivity contribution is 5.75. The highest BCUT2D eigenvalue weighted by Crippen LogP contribution is 2.30. The largest absolute Gasteiger partial charge is 0.497 e. The molecule has 4 rings (SSSR count). The predicted octanol–water partition coefficient (Wildman–Crippen LogP) is 4.39. The zero-order valence-corrected chi connectivity index (χ0v) is 15.9. The molecule has 1 aliphatic heterocycles. The van der Waals surface area contributed by atoms with Crippen molar-refractivity contribution in [3.05, 3.63) is 72.4 Å². The van der Waals surface area contributed by atoms with E-state index in [1.54, 1.807) is 7.11 Å². The summed E-state index contributed by atoms with van der Waals surface area (Å²) in [4.78, 5) is 9.56. The molecule has 4 heteroatoms. The fraction of sp³-hybridized carbons (Fsp3) is 0.261. The molecule has 0 unspecified atom stereocenters. The van der Waals surface area contributed by atoms with Crippen molar-refractivity contribution >= 4 is 11.4 Å². The standard InChI is InChI=1S/C23H25N3O/c1-18-5-7-19(8-6-18)23-22(4-3-13-24-23)26-16-14-25(15-17-26)20-9-11-21(27-2)12-10-20/h3-13H,14-17H2,1-2H3. The number of benzene rings is 2. The SMILES string of the molecule is COc1ccc(N2CCN(c3cccnc3-c3ccc(C)cc3)CC2)cc1. The summed E-state index contributed by atoms with van der Waals surface area (Å²) in [7, 11) is 1.70. The molecule has 2 heterocycles. The first-order valence-electron chi connectivity index (χ1n) is 9.40. The molecule has 27 heavy (non-hydrogen) atoms. The summed E-state index contributed by atoms with van der Waals surface area (Å²) in [6.07, 6.45) is 1.88. The summed E-state index contributed by atoms with van der Waals surface area (Å²) >= 11 is 0. The number of ether oxygens (including phenoxy) is 1. The van der Waals surface area contributed by atoms with Gasteiger partial charge >= 0.3 is 0 Å². The van der Waals surface area contributed by atoms with E-state index >= 15 is 0 Å². The van der Waals surface area contributed by atoms with Crippen LogP contribution in [0.1, 0.15) is 5.56 Å². The van der Waals surface area contributed by atoms with Gasteiger partial charge in [-0.3, -0.25) is 4.98 Å². The average Bonchev–Trinajstić information content (AvgIpc) is 2.75. The van der Waals surface area contributed by atoms with Crippen molar-refractivity contribution < 1.29 is 4.74 Å². The molecular weight excluding hydrogens is 334 g/mol. The molecule has 0 amide bonds. The Labute approximate surface area is 161 Å². The van der Waals surface area contributed by atoms with Crippen molar-refractivity contribution in [3.63, 3.8) is 0 Å². The number of piperazine rings is 1. The molecule has 2 aromatic carbocycles. The van der Waals surface area contributed by atoms with E-state index in [-0.39, 0.29) is 0 Å². The number of nitrogens with zero attached hydrogens (tertiary/aromatic N) is 3. The zero-order chi connectivity index (χ0) is 18.6. The van der Waals surface area contributed by atoms with E-state index < -0.39 is 0 Å². The first kappa shape index (κ1) is 17.4. The highest BCUT2D eigenvalue weighted by atomic mass is 16.5. The van der Waals surface area contributed by atoms with Gasteiger partial charge in [-0.05, 0) is 43.3 Å². The lowest BCUT2D eigenvalue weighted by molar-refractivity contribution is 0.415. The second-order valence-corrected chi connectivity index (χ2v) is 6.91. The Bertz CT molecular complexity index is 882. The maximum absolute atomic E-state index is 5.26. The summed E-state index contributed by atoms with van der Waals surface area (Å²) in [6.45, 7) is 6.07. The molecule has 1 fully saturated rings. The van der Waals surface area contributed by atoms with E-state index in [2.05, 4.69) is 64.2 Å². The van der Waals surface area contributed by atoms with Crippen LogP contribution in [0.2, 0.25) is 0 Å². The molecule has 0 aliphatic carbocycles. The summed E-state index contributed by atoms with van der Waals surface area (Å²) in [5, 5.41) is 0. The van der Waals surface area contributed by atoms with Gasteiger partial charge in [0.15, 0.2) is 0 Å². The summed E-state index contributed by atoms with van der Waals surface area (Å²) < 4.78 is 5.26. The maximum atomic E-state index is 5.26. The third kappa shape index (κ3) is 3.75. The third-order valence-electron chi connectivity index (χ3n) is 5.17. The minimum Gasteiger partial charge on any atom is -0.497 e. The van der Waals surface area contributed by atoms with E-state index in [0.717, 1.165) is 37.6 Å². The lowest BCUT2D eigenvalue weighted by Gasteiger charge is -2.38. The van der Waals surface area contributed by atoms with Crippen LogP contribution in [0.3, 0.4) is 0 Å². The Kier molecular flexibility index (Phi) is 4.97. The van der Waals surface area contributed by atoms with Crippen LogP contribution >= 0.6 is 0 Å². The van der Waals surface area contributed by atoms with E-state index in [9.17, 15) is 0 Å². The zero-order valence-electron chi connectivity index (χ0n) is 15.9. The Morgan fingerprint density at radius 3 is 2.15 bits per heavy atom. The van der Waals surface area contributed by atoms with Gasteiger partial charge in [-0.2, -0.15) is 0 Å². The summed E-state index contributed by atoms with van der Waals surface area (Å²) in [5.41, 5.74) is 5.98. The predicted molar refractivity (Wildman–Crippen MR) is 112 cm³/mol. The first-order valence-corrected chi connectivity index (χ1v) is 9.40. The molecule has 0 saturated carbocycles. The first-order chi connectivity index (χ1) is 13.2. The Hall–Kier alpha value is -3.01. The van der Waals surface area contributed by atoms with Crippen molar-refractivity contribution in [2.24, 2.45) is 0 Å². The van der Waals surface area contributed by atoms with Gasteiger partial charge in [0.1, 0.15) is 5.75 Å². The number of aryl methyl sites for hydroxylation is 1. The number of hydrogen-bond acceptors (Lipinski definition) is 4. The second-order valence-electron chi connectivity index (χ2n) is 6.91. The van der Waals surface area contributed by atoms with Crippen molar-refractivity contribution in [2.75, 3.05) is 43.1 Å². The molecule has 0 spiro atoms. The van der Waals surface area contributed by atoms with Crippen LogP contribution in [0.4, 0.5) is 11.4 Å². The molecule has 0 N–H and O–H groups in total. The van der Waals surface area contributed by atoms with Crippen molar-refractivity contribution in [1.82, 2.24) is 4.98 Å². The number of rotatable bonds is 4. The molecule has 1 aliphatic rings. The average molecular weight is 359 g/mol. The van der Waals surface area contributed by atoms with E-state index in [4.69, 9.17) is 4.74 Å². The fourth-order valence-corrected chi connectivity index (χ4v) is 3.58. The molecule has 0 radical (unpaired) electrons. The van der Waals surface area contributed by atoms with Crippen LogP contribution < -0.4 is 14.5 Å². The van der Waals surface area contributed by atoms with Crippen LogP contribution in [0.5, 0.6) is 5.75 Å². The van der Waals surface area contributed by atoms with Crippen molar-refractivity contribution in [3.8, 4) is 17.0 Å². The molecule has 1 aromatic heterocycles. The van der Waals surface area contributed by atoms with Gasteiger partial charge in [-0.25, -0.2) is 0 Å². The lowest BCUT2D eigenvalue weighted by atomic mass is 10.1. The van der Waals surface area contributed by atoms with Crippen LogP contribution in [0.15, 0.2) is 66.9 Å². The Morgan fingerprint density at radius 1 is 0.815 bits per heavy atom. The molecule has 4 nitrogen and oxygen atoms in total. The summed E-state index contributed by atoms with van der Waals surface area (Å²) in [6, 6.07) is 21.2. The van der Waals surface area contributed by atoms with Crippen molar-refractivity contribution in [2.45, 2.75) is 6.92 Å². The smallest absolute Gasteiger partial charge is 0.119 e. The van der Waals surface area contributed by atoms with E-state index in [0.29, 0.717) is 0 Å².